The smallest absolute Gasteiger partial charge is 0.309 e. The molecule has 3 saturated carbocycles. The first-order chi connectivity index (χ1) is 10.4. The molecule has 6 atom stereocenters. The molecule has 3 aliphatic carbocycles. The van der Waals surface area contributed by atoms with Gasteiger partial charge in [-0.1, -0.05) is 13.8 Å². The number of rotatable bonds is 0. The second-order valence-electron chi connectivity index (χ2n) is 8.33. The molecule has 1 aliphatic heterocycles. The third kappa shape index (κ3) is 1.67. The van der Waals surface area contributed by atoms with Crippen LogP contribution in [-0.4, -0.2) is 23.6 Å². The first-order valence-electron chi connectivity index (χ1n) is 8.62. The third-order valence-electron chi connectivity index (χ3n) is 7.45. The van der Waals surface area contributed by atoms with Crippen molar-refractivity contribution in [3.05, 3.63) is 0 Å². The van der Waals surface area contributed by atoms with Gasteiger partial charge in [-0.3, -0.25) is 14.4 Å². The summed E-state index contributed by atoms with van der Waals surface area (Å²) in [5.41, 5.74) is -0.409. The lowest BCUT2D eigenvalue weighted by atomic mass is 9.50. The van der Waals surface area contributed by atoms with Gasteiger partial charge in [-0.05, 0) is 37.5 Å². The minimum Gasteiger partial charge on any atom is -0.461 e. The van der Waals surface area contributed by atoms with E-state index in [0.29, 0.717) is 25.0 Å². The molecular weight excluding hydrogens is 280 g/mol. The SMILES string of the molecule is C[C@]12CCC(=O)CC1OC(=O)[C@@H]1[C@H]2CC[C@]2(C)C(=O)CC[C@@H]12. The van der Waals surface area contributed by atoms with Gasteiger partial charge in [-0.15, -0.1) is 0 Å². The Morgan fingerprint density at radius 3 is 2.55 bits per heavy atom. The van der Waals surface area contributed by atoms with E-state index >= 15 is 0 Å². The van der Waals surface area contributed by atoms with Crippen LogP contribution in [0.4, 0.5) is 0 Å². The number of fused-ring (bicyclic) bond motifs is 5. The van der Waals surface area contributed by atoms with Crippen LogP contribution in [0.2, 0.25) is 0 Å². The molecule has 4 aliphatic rings. The van der Waals surface area contributed by atoms with Gasteiger partial charge in [0.1, 0.15) is 17.7 Å². The average molecular weight is 304 g/mol. The zero-order chi connectivity index (χ0) is 15.7. The largest absolute Gasteiger partial charge is 0.461 e. The predicted molar refractivity (Wildman–Crippen MR) is 78.9 cm³/mol. The molecule has 1 unspecified atom stereocenters. The number of esters is 1. The van der Waals surface area contributed by atoms with Crippen LogP contribution in [0, 0.1) is 28.6 Å². The quantitative estimate of drug-likeness (QED) is 0.646. The molecule has 1 heterocycles. The summed E-state index contributed by atoms with van der Waals surface area (Å²) in [4.78, 5) is 36.8. The molecule has 4 rings (SSSR count). The normalized spacial score (nSPS) is 50.9. The predicted octanol–water partition coefficient (Wildman–Crippen LogP) is 2.68. The van der Waals surface area contributed by atoms with Crippen LogP contribution in [0.5, 0.6) is 0 Å². The Kier molecular flexibility index (Phi) is 2.90. The van der Waals surface area contributed by atoms with Crippen molar-refractivity contribution in [3.63, 3.8) is 0 Å². The van der Waals surface area contributed by atoms with Crippen molar-refractivity contribution in [3.8, 4) is 0 Å². The maximum Gasteiger partial charge on any atom is 0.309 e. The lowest BCUT2D eigenvalue weighted by Crippen LogP contribution is -2.60. The number of ether oxygens (including phenoxy) is 1. The summed E-state index contributed by atoms with van der Waals surface area (Å²) in [6.45, 7) is 4.25. The van der Waals surface area contributed by atoms with E-state index in [1.165, 1.54) is 0 Å². The van der Waals surface area contributed by atoms with E-state index in [1.807, 2.05) is 0 Å². The molecule has 4 heteroatoms. The Bertz CT molecular complexity index is 567. The molecule has 4 fully saturated rings. The minimum atomic E-state index is -0.326. The molecule has 0 spiro atoms. The molecule has 0 aromatic heterocycles. The average Bonchev–Trinajstić information content (AvgIpc) is 2.77. The van der Waals surface area contributed by atoms with Crippen molar-refractivity contribution in [1.82, 2.24) is 0 Å². The fraction of sp³-hybridized carbons (Fsp3) is 0.833. The first kappa shape index (κ1) is 14.4. The highest BCUT2D eigenvalue weighted by molar-refractivity contribution is 5.89. The number of carbonyl (C=O) groups is 3. The molecule has 0 radical (unpaired) electrons. The molecule has 22 heavy (non-hydrogen) atoms. The summed E-state index contributed by atoms with van der Waals surface area (Å²) < 4.78 is 5.75. The van der Waals surface area contributed by atoms with Gasteiger partial charge < -0.3 is 4.74 Å². The van der Waals surface area contributed by atoms with E-state index in [-0.39, 0.29) is 46.4 Å². The number of Topliss-reactive ketones (excluding diaryl/α,β-unsaturated/α-hetero) is 2. The Morgan fingerprint density at radius 1 is 1.00 bits per heavy atom. The summed E-state index contributed by atoms with van der Waals surface area (Å²) in [6.07, 6.45) is 4.80. The van der Waals surface area contributed by atoms with E-state index < -0.39 is 0 Å². The van der Waals surface area contributed by atoms with E-state index in [9.17, 15) is 14.4 Å². The van der Waals surface area contributed by atoms with Crippen molar-refractivity contribution in [2.45, 2.75) is 64.9 Å². The van der Waals surface area contributed by atoms with Crippen molar-refractivity contribution in [2.75, 3.05) is 0 Å². The first-order valence-corrected chi connectivity index (χ1v) is 8.62. The molecule has 0 amide bonds. The van der Waals surface area contributed by atoms with Gasteiger partial charge >= 0.3 is 5.97 Å². The molecule has 0 aromatic rings. The molecule has 0 aromatic carbocycles. The highest BCUT2D eigenvalue weighted by atomic mass is 16.5. The highest BCUT2D eigenvalue weighted by Crippen LogP contribution is 2.62. The van der Waals surface area contributed by atoms with Gasteiger partial charge in [-0.25, -0.2) is 0 Å². The fourth-order valence-electron chi connectivity index (χ4n) is 5.91. The van der Waals surface area contributed by atoms with Gasteiger partial charge in [0.25, 0.3) is 0 Å². The molecule has 120 valence electrons. The summed E-state index contributed by atoms with van der Waals surface area (Å²) in [6, 6.07) is 0. The Morgan fingerprint density at radius 2 is 1.77 bits per heavy atom. The fourth-order valence-corrected chi connectivity index (χ4v) is 5.91. The molecule has 0 bridgehead atoms. The monoisotopic (exact) mass is 304 g/mol. The molecule has 0 N–H and O–H groups in total. The standard InChI is InChI=1S/C18H24O4/c1-17-8-6-12-15(11(17)3-4-13(17)20)16(21)22-14-9-10(19)5-7-18(12,14)2/h11-12,14-15H,3-9H2,1-2H3/t11-,12+,14?,15-,17-,18+/m0/s1. The van der Waals surface area contributed by atoms with E-state index in [1.54, 1.807) is 0 Å². The number of hydrogen-bond acceptors (Lipinski definition) is 4. The van der Waals surface area contributed by atoms with Crippen molar-refractivity contribution >= 4 is 17.5 Å². The highest BCUT2D eigenvalue weighted by Gasteiger charge is 2.64. The lowest BCUT2D eigenvalue weighted by Gasteiger charge is -2.57. The zero-order valence-electron chi connectivity index (χ0n) is 13.4. The minimum absolute atomic E-state index is 0.0839. The van der Waals surface area contributed by atoms with Gasteiger partial charge in [0.05, 0.1) is 5.92 Å². The second kappa shape index (κ2) is 4.42. The number of hydrogen-bond donors (Lipinski definition) is 0. The Hall–Kier alpha value is -1.19. The van der Waals surface area contributed by atoms with Crippen LogP contribution in [0.15, 0.2) is 0 Å². The van der Waals surface area contributed by atoms with E-state index in [2.05, 4.69) is 13.8 Å². The zero-order valence-corrected chi connectivity index (χ0v) is 13.4. The van der Waals surface area contributed by atoms with Crippen LogP contribution in [0.25, 0.3) is 0 Å². The summed E-state index contributed by atoms with van der Waals surface area (Å²) in [7, 11) is 0. The van der Waals surface area contributed by atoms with Crippen molar-refractivity contribution in [1.29, 1.82) is 0 Å². The Balaban J connectivity index is 1.72. The second-order valence-corrected chi connectivity index (χ2v) is 8.33. The van der Waals surface area contributed by atoms with Gasteiger partial charge in [0, 0.05) is 30.1 Å². The van der Waals surface area contributed by atoms with Crippen LogP contribution in [-0.2, 0) is 19.1 Å². The van der Waals surface area contributed by atoms with Crippen molar-refractivity contribution < 1.29 is 19.1 Å². The summed E-state index contributed by atoms with van der Waals surface area (Å²) in [5.74, 6) is 0.671. The van der Waals surface area contributed by atoms with E-state index in [0.717, 1.165) is 25.7 Å². The van der Waals surface area contributed by atoms with Gasteiger partial charge in [-0.2, -0.15) is 0 Å². The van der Waals surface area contributed by atoms with Crippen LogP contribution < -0.4 is 0 Å². The topological polar surface area (TPSA) is 60.4 Å². The maximum atomic E-state index is 12.7. The van der Waals surface area contributed by atoms with Crippen LogP contribution in [0.3, 0.4) is 0 Å². The third-order valence-corrected chi connectivity index (χ3v) is 7.45. The Labute approximate surface area is 131 Å². The summed E-state index contributed by atoms with van der Waals surface area (Å²) >= 11 is 0. The molecule has 4 nitrogen and oxygen atoms in total. The summed E-state index contributed by atoms with van der Waals surface area (Å²) in [5, 5.41) is 0. The molecule has 1 saturated heterocycles. The van der Waals surface area contributed by atoms with Crippen molar-refractivity contribution in [2.24, 2.45) is 28.6 Å². The van der Waals surface area contributed by atoms with Gasteiger partial charge in [0.2, 0.25) is 0 Å². The van der Waals surface area contributed by atoms with Gasteiger partial charge in [0.15, 0.2) is 0 Å². The number of carbonyl (C=O) groups excluding carboxylic acids is 3. The van der Waals surface area contributed by atoms with E-state index in [4.69, 9.17) is 4.74 Å². The number of ketones is 2. The lowest BCUT2D eigenvalue weighted by molar-refractivity contribution is -0.206. The maximum absolute atomic E-state index is 12.7. The van der Waals surface area contributed by atoms with Crippen LogP contribution >= 0.6 is 0 Å². The molecular formula is C18H24O4. The van der Waals surface area contributed by atoms with Crippen LogP contribution in [0.1, 0.15) is 58.8 Å².